The summed E-state index contributed by atoms with van der Waals surface area (Å²) in [4.78, 5) is 3.95. The van der Waals surface area contributed by atoms with Crippen molar-refractivity contribution in [2.24, 2.45) is 0 Å². The third kappa shape index (κ3) is 2.03. The number of nitrogens with two attached hydrogens (primary N) is 1. The van der Waals surface area contributed by atoms with E-state index in [9.17, 15) is 0 Å². The molecule has 0 radical (unpaired) electrons. The van der Waals surface area contributed by atoms with Gasteiger partial charge in [-0.2, -0.15) is 10.2 Å². The first kappa shape index (κ1) is 11.0. The Morgan fingerprint density at radius 2 is 2.19 bits per heavy atom. The number of hydrogen-bond donors (Lipinski definition) is 1. The quantitative estimate of drug-likeness (QED) is 0.877. The lowest BCUT2D eigenvalue weighted by molar-refractivity contribution is 0.593. The number of halogens is 2. The van der Waals surface area contributed by atoms with Crippen molar-refractivity contribution in [1.29, 1.82) is 5.26 Å². The molecule has 0 bridgehead atoms. The van der Waals surface area contributed by atoms with Gasteiger partial charge < -0.3 is 10.2 Å². The van der Waals surface area contributed by atoms with E-state index in [1.165, 1.54) is 0 Å². The molecule has 0 saturated carbocycles. The maximum atomic E-state index is 8.70. The average molecular weight is 299 g/mol. The van der Waals surface area contributed by atoms with Crippen LogP contribution in [0.5, 0.6) is 0 Å². The van der Waals surface area contributed by atoms with Crippen LogP contribution in [-0.2, 0) is 0 Å². The van der Waals surface area contributed by atoms with Gasteiger partial charge in [0.15, 0.2) is 0 Å². The molecular weight excluding hydrogens is 293 g/mol. The molecule has 0 aliphatic heterocycles. The highest BCUT2D eigenvalue weighted by molar-refractivity contribution is 9.10. The van der Waals surface area contributed by atoms with Gasteiger partial charge in [-0.3, -0.25) is 0 Å². The third-order valence-corrected chi connectivity index (χ3v) is 2.54. The first-order valence-electron chi connectivity index (χ1n) is 4.23. The summed E-state index contributed by atoms with van der Waals surface area (Å²) in [6.07, 6.45) is 0. The summed E-state index contributed by atoms with van der Waals surface area (Å²) in [5, 5.41) is 9.24. The zero-order valence-electron chi connectivity index (χ0n) is 7.87. The van der Waals surface area contributed by atoms with E-state index in [2.05, 4.69) is 20.9 Å². The lowest BCUT2D eigenvalue weighted by Gasteiger charge is -1.97. The Morgan fingerprint density at radius 3 is 2.75 bits per heavy atom. The Kier molecular flexibility index (Phi) is 2.86. The number of nitrogens with zero attached hydrogens (tertiary/aromatic N) is 2. The van der Waals surface area contributed by atoms with Crippen LogP contribution in [0.25, 0.3) is 11.5 Å². The van der Waals surface area contributed by atoms with E-state index in [0.29, 0.717) is 10.6 Å². The zero-order chi connectivity index (χ0) is 11.7. The van der Waals surface area contributed by atoms with Gasteiger partial charge in [-0.1, -0.05) is 27.5 Å². The minimum Gasteiger partial charge on any atom is -0.419 e. The molecule has 0 aliphatic rings. The molecule has 6 heteroatoms. The fourth-order valence-corrected chi connectivity index (χ4v) is 2.07. The van der Waals surface area contributed by atoms with E-state index in [4.69, 9.17) is 27.0 Å². The normalized spacial score (nSPS) is 10.1. The van der Waals surface area contributed by atoms with Crippen LogP contribution in [0.3, 0.4) is 0 Å². The van der Waals surface area contributed by atoms with E-state index < -0.39 is 0 Å². The van der Waals surface area contributed by atoms with Gasteiger partial charge in [0.25, 0.3) is 0 Å². The molecule has 1 aromatic heterocycles. The van der Waals surface area contributed by atoms with Crippen molar-refractivity contribution in [3.05, 3.63) is 33.4 Å². The minimum atomic E-state index is 0.00796. The number of nitriles is 1. The van der Waals surface area contributed by atoms with Gasteiger partial charge in [0, 0.05) is 15.1 Å². The highest BCUT2D eigenvalue weighted by Crippen LogP contribution is 2.28. The first-order chi connectivity index (χ1) is 7.60. The summed E-state index contributed by atoms with van der Waals surface area (Å²) >= 11 is 9.19. The maximum Gasteiger partial charge on any atom is 0.230 e. The maximum absolute atomic E-state index is 8.70. The van der Waals surface area contributed by atoms with Crippen LogP contribution >= 0.6 is 27.5 Å². The molecule has 2 N–H and O–H groups in total. The molecule has 0 spiro atoms. The molecule has 0 atom stereocenters. The van der Waals surface area contributed by atoms with Gasteiger partial charge in [-0.15, -0.1) is 0 Å². The predicted molar refractivity (Wildman–Crippen MR) is 63.8 cm³/mol. The summed E-state index contributed by atoms with van der Waals surface area (Å²) < 4.78 is 5.96. The van der Waals surface area contributed by atoms with E-state index in [1.807, 2.05) is 6.07 Å². The topological polar surface area (TPSA) is 75.8 Å². The molecule has 0 fully saturated rings. The summed E-state index contributed by atoms with van der Waals surface area (Å²) in [7, 11) is 0. The second kappa shape index (κ2) is 4.16. The molecule has 2 rings (SSSR count). The number of nitrogen functional groups attached to an aromatic ring is 1. The van der Waals surface area contributed by atoms with Crippen LogP contribution in [-0.4, -0.2) is 4.98 Å². The summed E-state index contributed by atoms with van der Waals surface area (Å²) in [6.45, 7) is 0. The lowest BCUT2D eigenvalue weighted by atomic mass is 10.2. The number of oxazole rings is 1. The van der Waals surface area contributed by atoms with Crippen LogP contribution in [0.1, 0.15) is 5.69 Å². The molecule has 0 unspecified atom stereocenters. The van der Waals surface area contributed by atoms with E-state index >= 15 is 0 Å². The number of aromatic nitrogens is 1. The van der Waals surface area contributed by atoms with Crippen molar-refractivity contribution in [2.75, 3.05) is 5.73 Å². The molecule has 1 aromatic carbocycles. The molecule has 80 valence electrons. The van der Waals surface area contributed by atoms with Gasteiger partial charge in [0.05, 0.1) is 0 Å². The zero-order valence-corrected chi connectivity index (χ0v) is 10.2. The average Bonchev–Trinajstić information content (AvgIpc) is 2.58. The standard InChI is InChI=1S/C10H5BrClN3O/c11-6-1-5(2-7(12)3-6)10-15-8(4-13)9(14)16-10/h1-3H,14H2. The van der Waals surface area contributed by atoms with Crippen molar-refractivity contribution in [2.45, 2.75) is 0 Å². The molecule has 1 heterocycles. The Labute approximate surface area is 105 Å². The van der Waals surface area contributed by atoms with E-state index in [-0.39, 0.29) is 17.5 Å². The third-order valence-electron chi connectivity index (χ3n) is 1.87. The summed E-state index contributed by atoms with van der Waals surface area (Å²) in [5.41, 5.74) is 6.20. The van der Waals surface area contributed by atoms with Gasteiger partial charge in [0.1, 0.15) is 6.07 Å². The van der Waals surface area contributed by atoms with Crippen LogP contribution in [0, 0.1) is 11.3 Å². The number of anilines is 1. The number of rotatable bonds is 1. The van der Waals surface area contributed by atoms with Crippen molar-refractivity contribution in [3.63, 3.8) is 0 Å². The van der Waals surface area contributed by atoms with E-state index in [1.54, 1.807) is 18.2 Å². The van der Waals surface area contributed by atoms with Crippen LogP contribution in [0.15, 0.2) is 27.1 Å². The Bertz CT molecular complexity index is 568. The van der Waals surface area contributed by atoms with Crippen LogP contribution < -0.4 is 5.73 Å². The van der Waals surface area contributed by atoms with Crippen LogP contribution in [0.2, 0.25) is 5.02 Å². The van der Waals surface area contributed by atoms with Crippen molar-refractivity contribution in [3.8, 4) is 17.5 Å². The molecular formula is C10H5BrClN3O. The van der Waals surface area contributed by atoms with Gasteiger partial charge in [0.2, 0.25) is 17.5 Å². The molecule has 0 amide bonds. The second-order valence-corrected chi connectivity index (χ2v) is 4.35. The smallest absolute Gasteiger partial charge is 0.230 e. The van der Waals surface area contributed by atoms with Crippen molar-refractivity contribution < 1.29 is 4.42 Å². The predicted octanol–water partition coefficient (Wildman–Crippen LogP) is 3.21. The van der Waals surface area contributed by atoms with Crippen molar-refractivity contribution in [1.82, 2.24) is 4.98 Å². The fraction of sp³-hybridized carbons (Fsp3) is 0. The highest BCUT2D eigenvalue weighted by Gasteiger charge is 2.12. The fourth-order valence-electron chi connectivity index (χ4n) is 1.21. The Balaban J connectivity index is 2.55. The summed E-state index contributed by atoms with van der Waals surface area (Å²) in [5.74, 6) is 0.283. The van der Waals surface area contributed by atoms with Gasteiger partial charge in [-0.25, -0.2) is 0 Å². The Morgan fingerprint density at radius 1 is 1.44 bits per heavy atom. The monoisotopic (exact) mass is 297 g/mol. The molecule has 4 nitrogen and oxygen atoms in total. The summed E-state index contributed by atoms with van der Waals surface area (Å²) in [6, 6.07) is 7.03. The SMILES string of the molecule is N#Cc1nc(-c2cc(Cl)cc(Br)c2)oc1N. The number of benzene rings is 1. The van der Waals surface area contributed by atoms with E-state index in [0.717, 1.165) is 4.47 Å². The largest absolute Gasteiger partial charge is 0.419 e. The molecule has 0 saturated heterocycles. The van der Waals surface area contributed by atoms with Gasteiger partial charge >= 0.3 is 0 Å². The molecule has 2 aromatic rings. The second-order valence-electron chi connectivity index (χ2n) is 3.00. The number of hydrogen-bond acceptors (Lipinski definition) is 4. The van der Waals surface area contributed by atoms with Crippen LogP contribution in [0.4, 0.5) is 5.88 Å². The molecule has 0 aliphatic carbocycles. The Hall–Kier alpha value is -1.51. The highest BCUT2D eigenvalue weighted by atomic mass is 79.9. The first-order valence-corrected chi connectivity index (χ1v) is 5.40. The van der Waals surface area contributed by atoms with Crippen molar-refractivity contribution >= 4 is 33.4 Å². The molecule has 16 heavy (non-hydrogen) atoms. The van der Waals surface area contributed by atoms with Gasteiger partial charge in [-0.05, 0) is 18.2 Å². The minimum absolute atomic E-state index is 0.00796. The lowest BCUT2D eigenvalue weighted by Crippen LogP contribution is -1.84.